The first-order valence-electron chi connectivity index (χ1n) is 8.71. The van der Waals surface area contributed by atoms with Crippen LogP contribution in [0.15, 0.2) is 67.7 Å². The highest BCUT2D eigenvalue weighted by molar-refractivity contribution is 9.10. The van der Waals surface area contributed by atoms with Gasteiger partial charge in [0.2, 0.25) is 5.76 Å². The summed E-state index contributed by atoms with van der Waals surface area (Å²) in [7, 11) is 1.57. The second-order valence-electron chi connectivity index (χ2n) is 6.48. The van der Waals surface area contributed by atoms with Crippen molar-refractivity contribution in [2.24, 2.45) is 0 Å². The van der Waals surface area contributed by atoms with E-state index in [4.69, 9.17) is 9.15 Å². The van der Waals surface area contributed by atoms with Crippen LogP contribution in [0.2, 0.25) is 0 Å². The fraction of sp³-hybridized carbons (Fsp3) is 0.0952. The molecule has 1 aliphatic rings. The summed E-state index contributed by atoms with van der Waals surface area (Å²) in [5, 5.41) is 2.70. The van der Waals surface area contributed by atoms with Gasteiger partial charge in [-0.2, -0.15) is 0 Å². The van der Waals surface area contributed by atoms with Crippen molar-refractivity contribution in [1.82, 2.24) is 4.98 Å². The number of methoxy groups -OCH3 is 1. The molecule has 1 aliphatic heterocycles. The van der Waals surface area contributed by atoms with Crippen molar-refractivity contribution in [3.63, 3.8) is 0 Å². The molecule has 6 nitrogen and oxygen atoms in total. The number of carbonyl (C=O) groups is 1. The number of amides is 1. The molecular formula is C21H13BrN2O4S. The number of anilines is 1. The fourth-order valence-corrected chi connectivity index (χ4v) is 4.63. The highest BCUT2D eigenvalue weighted by atomic mass is 79.9. The van der Waals surface area contributed by atoms with Gasteiger partial charge < -0.3 is 9.15 Å². The van der Waals surface area contributed by atoms with Gasteiger partial charge in [0.15, 0.2) is 10.6 Å². The van der Waals surface area contributed by atoms with Gasteiger partial charge in [-0.25, -0.2) is 4.98 Å². The molecule has 8 heteroatoms. The molecule has 29 heavy (non-hydrogen) atoms. The number of benzene rings is 2. The van der Waals surface area contributed by atoms with Gasteiger partial charge in [0.25, 0.3) is 5.91 Å². The van der Waals surface area contributed by atoms with Crippen LogP contribution in [0, 0.1) is 0 Å². The molecule has 1 amide bonds. The lowest BCUT2D eigenvalue weighted by molar-refractivity contribution is 0.0971. The third-order valence-corrected chi connectivity index (χ3v) is 6.13. The van der Waals surface area contributed by atoms with Crippen LogP contribution in [0.5, 0.6) is 5.75 Å². The van der Waals surface area contributed by atoms with E-state index in [1.54, 1.807) is 36.9 Å². The monoisotopic (exact) mass is 468 g/mol. The van der Waals surface area contributed by atoms with Gasteiger partial charge >= 0.3 is 0 Å². The van der Waals surface area contributed by atoms with Crippen molar-refractivity contribution in [2.45, 2.75) is 6.04 Å². The lowest BCUT2D eigenvalue weighted by atomic mass is 9.98. The number of carbonyl (C=O) groups excluding carboxylic acids is 1. The molecule has 1 atom stereocenters. The van der Waals surface area contributed by atoms with E-state index < -0.39 is 6.04 Å². The first kappa shape index (κ1) is 18.1. The van der Waals surface area contributed by atoms with Gasteiger partial charge in [0.05, 0.1) is 24.1 Å². The number of fused-ring (bicyclic) bond motifs is 2. The van der Waals surface area contributed by atoms with Gasteiger partial charge in [-0.1, -0.05) is 28.1 Å². The van der Waals surface area contributed by atoms with E-state index in [1.165, 1.54) is 16.2 Å². The van der Waals surface area contributed by atoms with Crippen molar-refractivity contribution in [3.8, 4) is 5.75 Å². The topological polar surface area (TPSA) is 72.6 Å². The zero-order chi connectivity index (χ0) is 20.1. The van der Waals surface area contributed by atoms with E-state index in [-0.39, 0.29) is 17.1 Å². The quantitative estimate of drug-likeness (QED) is 0.432. The number of hydrogen-bond acceptors (Lipinski definition) is 6. The largest absolute Gasteiger partial charge is 0.497 e. The maximum Gasteiger partial charge on any atom is 0.297 e. The second kappa shape index (κ2) is 6.82. The average Bonchev–Trinajstić information content (AvgIpc) is 3.35. The molecule has 0 bridgehead atoms. The molecule has 0 aliphatic carbocycles. The summed E-state index contributed by atoms with van der Waals surface area (Å²) in [5.74, 6) is 0.299. The van der Waals surface area contributed by atoms with E-state index in [9.17, 15) is 9.59 Å². The van der Waals surface area contributed by atoms with Gasteiger partial charge in [0, 0.05) is 16.0 Å². The molecule has 2 aromatic carbocycles. The Morgan fingerprint density at radius 2 is 2.07 bits per heavy atom. The van der Waals surface area contributed by atoms with Crippen molar-refractivity contribution in [2.75, 3.05) is 12.0 Å². The lowest BCUT2D eigenvalue weighted by Crippen LogP contribution is -2.29. The molecule has 2 aromatic heterocycles. The number of aromatic nitrogens is 1. The average molecular weight is 469 g/mol. The Balaban J connectivity index is 1.83. The van der Waals surface area contributed by atoms with E-state index >= 15 is 0 Å². The van der Waals surface area contributed by atoms with Crippen molar-refractivity contribution >= 4 is 49.3 Å². The predicted molar refractivity (Wildman–Crippen MR) is 114 cm³/mol. The Labute approximate surface area is 177 Å². The fourth-order valence-electron chi connectivity index (χ4n) is 3.60. The third-order valence-electron chi connectivity index (χ3n) is 4.87. The number of nitrogens with zero attached hydrogens (tertiary/aromatic N) is 2. The first-order valence-corrected chi connectivity index (χ1v) is 10.4. The Hall–Kier alpha value is -2.97. The minimum absolute atomic E-state index is 0.0489. The highest BCUT2D eigenvalue weighted by Crippen LogP contribution is 2.42. The van der Waals surface area contributed by atoms with Crippen molar-refractivity contribution in [1.29, 1.82) is 0 Å². The normalized spacial score (nSPS) is 15.7. The Morgan fingerprint density at radius 3 is 2.83 bits per heavy atom. The van der Waals surface area contributed by atoms with E-state index in [0.717, 1.165) is 10.0 Å². The molecule has 0 spiro atoms. The molecule has 5 rings (SSSR count). The van der Waals surface area contributed by atoms with Crippen LogP contribution < -0.4 is 15.1 Å². The zero-order valence-electron chi connectivity index (χ0n) is 15.1. The van der Waals surface area contributed by atoms with Gasteiger partial charge in [-0.15, -0.1) is 11.3 Å². The number of thiazole rings is 1. The van der Waals surface area contributed by atoms with Crippen molar-refractivity contribution in [3.05, 3.63) is 85.6 Å². The molecule has 144 valence electrons. The van der Waals surface area contributed by atoms with Crippen LogP contribution in [-0.4, -0.2) is 18.0 Å². The molecule has 4 aromatic rings. The van der Waals surface area contributed by atoms with Crippen LogP contribution in [0.4, 0.5) is 5.13 Å². The number of ether oxygens (including phenoxy) is 1. The lowest BCUT2D eigenvalue weighted by Gasteiger charge is -2.22. The van der Waals surface area contributed by atoms with Crippen LogP contribution >= 0.6 is 27.3 Å². The summed E-state index contributed by atoms with van der Waals surface area (Å²) in [6, 6.07) is 11.8. The highest BCUT2D eigenvalue weighted by Gasteiger charge is 2.44. The summed E-state index contributed by atoms with van der Waals surface area (Å²) in [6.07, 6.45) is 1.63. The Morgan fingerprint density at radius 1 is 1.21 bits per heavy atom. The van der Waals surface area contributed by atoms with Crippen LogP contribution in [-0.2, 0) is 0 Å². The minimum atomic E-state index is -0.654. The summed E-state index contributed by atoms with van der Waals surface area (Å²) in [4.78, 5) is 32.6. The third kappa shape index (κ3) is 2.79. The second-order valence-corrected chi connectivity index (χ2v) is 8.27. The molecule has 0 unspecified atom stereocenters. The zero-order valence-corrected chi connectivity index (χ0v) is 17.5. The molecule has 3 heterocycles. The Kier molecular flexibility index (Phi) is 4.25. The number of rotatable bonds is 3. The van der Waals surface area contributed by atoms with E-state index in [1.807, 2.05) is 24.3 Å². The first-order chi connectivity index (χ1) is 14.1. The molecule has 0 fully saturated rings. The number of halogens is 1. The molecule has 0 saturated heterocycles. The summed E-state index contributed by atoms with van der Waals surface area (Å²) in [5.41, 5.74) is 1.19. The molecular weight excluding hydrogens is 456 g/mol. The predicted octanol–water partition coefficient (Wildman–Crippen LogP) is 4.77. The molecule has 0 N–H and O–H groups in total. The minimum Gasteiger partial charge on any atom is -0.497 e. The smallest absolute Gasteiger partial charge is 0.297 e. The summed E-state index contributed by atoms with van der Waals surface area (Å²) < 4.78 is 12.0. The number of hydrogen-bond donors (Lipinski definition) is 0. The maximum absolute atomic E-state index is 13.5. The van der Waals surface area contributed by atoms with E-state index in [0.29, 0.717) is 27.4 Å². The summed E-state index contributed by atoms with van der Waals surface area (Å²) in [6.45, 7) is 0. The summed E-state index contributed by atoms with van der Waals surface area (Å²) >= 11 is 4.73. The molecule has 0 saturated carbocycles. The van der Waals surface area contributed by atoms with Crippen molar-refractivity contribution < 1.29 is 13.9 Å². The van der Waals surface area contributed by atoms with Gasteiger partial charge in [0.1, 0.15) is 11.3 Å². The van der Waals surface area contributed by atoms with E-state index in [2.05, 4.69) is 20.9 Å². The van der Waals surface area contributed by atoms with Gasteiger partial charge in [-0.05, 0) is 35.9 Å². The van der Waals surface area contributed by atoms with Crippen LogP contribution in [0.1, 0.15) is 27.7 Å². The van der Waals surface area contributed by atoms with Crippen LogP contribution in [0.25, 0.3) is 11.0 Å². The van der Waals surface area contributed by atoms with Crippen LogP contribution in [0.3, 0.4) is 0 Å². The SMILES string of the molecule is COc1cccc([C@@H]2c3c(oc4ccc(Br)cc4c3=O)C(=O)N2c2nccs2)c1. The maximum atomic E-state index is 13.5. The van der Waals surface area contributed by atoms with Gasteiger partial charge in [-0.3, -0.25) is 14.5 Å². The Bertz CT molecular complexity index is 1320. The standard InChI is InChI=1S/C21H13BrN2O4S/c1-27-13-4-2-3-11(9-13)17-16-18(25)14-10-12(22)5-6-15(14)28-19(16)20(26)24(17)21-23-7-8-29-21/h2-10,17H,1H3/t17-/m1/s1. The molecule has 0 radical (unpaired) electrons.